The molecule has 0 spiro atoms. The molecule has 0 bridgehead atoms. The maximum absolute atomic E-state index is 12.0. The van der Waals surface area contributed by atoms with E-state index in [0.29, 0.717) is 5.69 Å². The largest absolute Gasteiger partial charge is 0.334 e. The summed E-state index contributed by atoms with van der Waals surface area (Å²) < 4.78 is 0. The van der Waals surface area contributed by atoms with Crippen molar-refractivity contribution >= 4 is 23.1 Å². The zero-order chi connectivity index (χ0) is 15.2. The van der Waals surface area contributed by atoms with Crippen LogP contribution in [0.5, 0.6) is 0 Å². The Hall–Kier alpha value is -2.69. The van der Waals surface area contributed by atoms with Crippen molar-refractivity contribution in [2.45, 2.75) is 6.92 Å². The maximum Gasteiger partial charge on any atom is 0.274 e. The van der Waals surface area contributed by atoms with Crippen LogP contribution in [0.1, 0.15) is 17.4 Å². The summed E-state index contributed by atoms with van der Waals surface area (Å²) in [6.45, 7) is 1.94. The standard InChI is InChI=1S/C16H18N4O/c1-12(17-2)20(3)14-9-7-13(8-10-14)19-16(21)15-6-4-5-11-18-15/h4-11H,1-3H3,(H,19,21). The molecule has 0 unspecified atom stereocenters. The number of benzene rings is 1. The number of hydrogen-bond acceptors (Lipinski definition) is 3. The van der Waals surface area contributed by atoms with Gasteiger partial charge >= 0.3 is 0 Å². The molecule has 2 rings (SSSR count). The predicted octanol–water partition coefficient (Wildman–Crippen LogP) is 2.82. The van der Waals surface area contributed by atoms with Gasteiger partial charge in [0.05, 0.1) is 5.84 Å². The molecule has 1 N–H and O–H groups in total. The monoisotopic (exact) mass is 282 g/mol. The smallest absolute Gasteiger partial charge is 0.274 e. The first kappa shape index (κ1) is 14.7. The molecule has 1 heterocycles. The SMILES string of the molecule is CN=C(C)N(C)c1ccc(NC(=O)c2ccccn2)cc1. The molecule has 0 atom stereocenters. The van der Waals surface area contributed by atoms with Crippen molar-refractivity contribution in [3.63, 3.8) is 0 Å². The Morgan fingerprint density at radius 1 is 1.19 bits per heavy atom. The van der Waals surface area contributed by atoms with E-state index in [1.165, 1.54) is 0 Å². The molecule has 0 saturated carbocycles. The van der Waals surface area contributed by atoms with Crippen molar-refractivity contribution in [2.24, 2.45) is 4.99 Å². The Labute approximate surface area is 124 Å². The molecule has 0 fully saturated rings. The van der Waals surface area contributed by atoms with Crippen LogP contribution in [0.25, 0.3) is 0 Å². The van der Waals surface area contributed by atoms with Crippen LogP contribution in [0.2, 0.25) is 0 Å². The second kappa shape index (κ2) is 6.65. The second-order valence-corrected chi connectivity index (χ2v) is 4.55. The third-order valence-corrected chi connectivity index (χ3v) is 3.22. The van der Waals surface area contributed by atoms with Gasteiger partial charge in [0.15, 0.2) is 0 Å². The Morgan fingerprint density at radius 3 is 2.48 bits per heavy atom. The lowest BCUT2D eigenvalue weighted by Crippen LogP contribution is -2.23. The topological polar surface area (TPSA) is 57.6 Å². The highest BCUT2D eigenvalue weighted by atomic mass is 16.1. The minimum absolute atomic E-state index is 0.219. The summed E-state index contributed by atoms with van der Waals surface area (Å²) in [5.41, 5.74) is 2.13. The number of carbonyl (C=O) groups is 1. The van der Waals surface area contributed by atoms with Crippen molar-refractivity contribution in [3.8, 4) is 0 Å². The van der Waals surface area contributed by atoms with Gasteiger partial charge in [0, 0.05) is 31.7 Å². The van der Waals surface area contributed by atoms with Crippen LogP contribution in [0.4, 0.5) is 11.4 Å². The van der Waals surface area contributed by atoms with Crippen LogP contribution in [0.3, 0.4) is 0 Å². The Kier molecular flexibility index (Phi) is 4.66. The van der Waals surface area contributed by atoms with Crippen LogP contribution >= 0.6 is 0 Å². The van der Waals surface area contributed by atoms with Crippen LogP contribution in [0, 0.1) is 0 Å². The van der Waals surface area contributed by atoms with Crippen LogP contribution in [-0.4, -0.2) is 30.8 Å². The maximum atomic E-state index is 12.0. The quantitative estimate of drug-likeness (QED) is 0.695. The summed E-state index contributed by atoms with van der Waals surface area (Å²) >= 11 is 0. The van der Waals surface area contributed by atoms with Gasteiger partial charge in [-0.2, -0.15) is 0 Å². The summed E-state index contributed by atoms with van der Waals surface area (Å²) in [6.07, 6.45) is 1.60. The summed E-state index contributed by atoms with van der Waals surface area (Å²) in [4.78, 5) is 22.1. The van der Waals surface area contributed by atoms with Gasteiger partial charge in [-0.3, -0.25) is 14.8 Å². The Bertz CT molecular complexity index is 635. The molecule has 0 aliphatic rings. The van der Waals surface area contributed by atoms with Crippen molar-refractivity contribution in [1.82, 2.24) is 4.98 Å². The van der Waals surface area contributed by atoms with Gasteiger partial charge in [-0.1, -0.05) is 6.07 Å². The van der Waals surface area contributed by atoms with E-state index < -0.39 is 0 Å². The highest BCUT2D eigenvalue weighted by Gasteiger charge is 2.07. The first-order valence-electron chi connectivity index (χ1n) is 6.61. The number of carbonyl (C=O) groups excluding carboxylic acids is 1. The number of nitrogens with zero attached hydrogens (tertiary/aromatic N) is 3. The van der Waals surface area contributed by atoms with Crippen molar-refractivity contribution in [1.29, 1.82) is 0 Å². The highest BCUT2D eigenvalue weighted by Crippen LogP contribution is 2.17. The number of rotatable bonds is 3. The fraction of sp³-hybridized carbons (Fsp3) is 0.188. The number of amides is 1. The molecule has 0 aliphatic carbocycles. The number of amidine groups is 1. The van der Waals surface area contributed by atoms with E-state index in [-0.39, 0.29) is 5.91 Å². The molecule has 1 aromatic heterocycles. The Balaban J connectivity index is 2.08. The minimum atomic E-state index is -0.219. The molecular weight excluding hydrogens is 264 g/mol. The van der Waals surface area contributed by atoms with Crippen molar-refractivity contribution in [3.05, 3.63) is 54.4 Å². The summed E-state index contributed by atoms with van der Waals surface area (Å²) in [5.74, 6) is 0.697. The molecule has 0 saturated heterocycles. The molecule has 108 valence electrons. The number of hydrogen-bond donors (Lipinski definition) is 1. The number of aromatic nitrogens is 1. The highest BCUT2D eigenvalue weighted by molar-refractivity contribution is 6.03. The van der Waals surface area contributed by atoms with Gasteiger partial charge in [0.25, 0.3) is 5.91 Å². The fourth-order valence-electron chi connectivity index (χ4n) is 1.80. The Morgan fingerprint density at radius 2 is 1.90 bits per heavy atom. The molecule has 2 aromatic rings. The molecule has 5 nitrogen and oxygen atoms in total. The van der Waals surface area contributed by atoms with Crippen molar-refractivity contribution < 1.29 is 4.79 Å². The first-order valence-corrected chi connectivity index (χ1v) is 6.61. The molecule has 0 aliphatic heterocycles. The lowest BCUT2D eigenvalue weighted by atomic mass is 10.2. The molecule has 0 radical (unpaired) electrons. The van der Waals surface area contributed by atoms with E-state index in [1.807, 2.05) is 43.1 Å². The van der Waals surface area contributed by atoms with Gasteiger partial charge in [0.2, 0.25) is 0 Å². The third kappa shape index (κ3) is 3.66. The summed E-state index contributed by atoms with van der Waals surface area (Å²) in [5, 5.41) is 2.82. The van der Waals surface area contributed by atoms with Crippen LogP contribution in [-0.2, 0) is 0 Å². The number of aliphatic imine (C=N–C) groups is 1. The molecule has 21 heavy (non-hydrogen) atoms. The lowest BCUT2D eigenvalue weighted by Gasteiger charge is -2.18. The average Bonchev–Trinajstić information content (AvgIpc) is 2.55. The third-order valence-electron chi connectivity index (χ3n) is 3.22. The fourth-order valence-corrected chi connectivity index (χ4v) is 1.80. The van der Waals surface area contributed by atoms with E-state index in [4.69, 9.17) is 0 Å². The lowest BCUT2D eigenvalue weighted by molar-refractivity contribution is 0.102. The minimum Gasteiger partial charge on any atom is -0.334 e. The second-order valence-electron chi connectivity index (χ2n) is 4.55. The first-order chi connectivity index (χ1) is 10.1. The van der Waals surface area contributed by atoms with Gasteiger partial charge in [-0.15, -0.1) is 0 Å². The van der Waals surface area contributed by atoms with E-state index in [0.717, 1.165) is 17.2 Å². The van der Waals surface area contributed by atoms with Gasteiger partial charge < -0.3 is 10.2 Å². The van der Waals surface area contributed by atoms with Crippen LogP contribution in [0.15, 0.2) is 53.7 Å². The number of pyridine rings is 1. The van der Waals surface area contributed by atoms with E-state index >= 15 is 0 Å². The van der Waals surface area contributed by atoms with Crippen LogP contribution < -0.4 is 10.2 Å². The zero-order valence-electron chi connectivity index (χ0n) is 12.4. The number of anilines is 2. The van der Waals surface area contributed by atoms with E-state index in [2.05, 4.69) is 15.3 Å². The van der Waals surface area contributed by atoms with Gasteiger partial charge in [-0.25, -0.2) is 0 Å². The van der Waals surface area contributed by atoms with Gasteiger partial charge in [0.1, 0.15) is 5.69 Å². The predicted molar refractivity (Wildman–Crippen MR) is 86.1 cm³/mol. The molecular formula is C16H18N4O. The normalized spacial score (nSPS) is 11.1. The summed E-state index contributed by atoms with van der Waals surface area (Å²) in [7, 11) is 3.71. The van der Waals surface area contributed by atoms with Crippen molar-refractivity contribution in [2.75, 3.05) is 24.3 Å². The molecule has 1 amide bonds. The van der Waals surface area contributed by atoms with E-state index in [1.54, 1.807) is 31.4 Å². The molecule has 5 heteroatoms. The number of nitrogens with one attached hydrogen (secondary N) is 1. The molecule has 1 aromatic carbocycles. The van der Waals surface area contributed by atoms with Gasteiger partial charge in [-0.05, 0) is 43.3 Å². The average molecular weight is 282 g/mol. The van der Waals surface area contributed by atoms with E-state index in [9.17, 15) is 4.79 Å². The zero-order valence-corrected chi connectivity index (χ0v) is 12.4. The summed E-state index contributed by atoms with van der Waals surface area (Å²) in [6, 6.07) is 12.8.